The molecule has 0 aromatic carbocycles. The fraction of sp³-hybridized carbons (Fsp3) is 0.609. The zero-order chi connectivity index (χ0) is 34.7. The van der Waals surface area contributed by atoms with Gasteiger partial charge in [0.05, 0.1) is 43.9 Å². The molecule has 3 atom stereocenters. The molecule has 44 heavy (non-hydrogen) atoms. The molecule has 9 N–H and O–H groups in total. The zero-order valence-corrected chi connectivity index (χ0v) is 22.8. The normalized spacial score (nSPS) is 16.4. The first-order chi connectivity index (χ1) is 19.9. The molecule has 0 bridgehead atoms. The second-order valence-electron chi connectivity index (χ2n) is 10.0. The molecule has 0 amide bonds. The first-order valence-corrected chi connectivity index (χ1v) is 11.9. The number of hydrogen-bond acceptors (Lipinski definition) is 15. The Kier molecular flexibility index (Phi) is 13.8. The molecule has 0 spiro atoms. The van der Waals surface area contributed by atoms with Crippen LogP contribution in [-0.4, -0.2) is 136 Å². The third-order valence-electron chi connectivity index (χ3n) is 5.58. The molecule has 3 unspecified atom stereocenters. The summed E-state index contributed by atoms with van der Waals surface area (Å²) in [4.78, 5) is 103. The maximum absolute atomic E-state index is 12.2. The minimum atomic E-state index is -3.13. The highest BCUT2D eigenvalue weighted by molar-refractivity contribution is 5.90. The topological polar surface area (TPSA) is 363 Å². The van der Waals surface area contributed by atoms with Gasteiger partial charge in [-0.2, -0.15) is 0 Å². The summed E-state index contributed by atoms with van der Waals surface area (Å²) in [6, 6.07) is 0. The van der Waals surface area contributed by atoms with E-state index in [4.69, 9.17) is 44.8 Å². The molecule has 21 nitrogen and oxygen atoms in total. The van der Waals surface area contributed by atoms with E-state index in [2.05, 4.69) is 0 Å². The second-order valence-corrected chi connectivity index (χ2v) is 10.0. The number of aliphatic hydroxyl groups is 3. The van der Waals surface area contributed by atoms with E-state index >= 15 is 0 Å². The highest BCUT2D eigenvalue weighted by atomic mass is 16.6. The number of carboxylic acid groups (broad SMARTS) is 6. The number of ether oxygens (including phenoxy) is 3. The summed E-state index contributed by atoms with van der Waals surface area (Å²) in [6.07, 6.45) is -8.58. The molecule has 0 aliphatic rings. The van der Waals surface area contributed by atoms with Crippen molar-refractivity contribution in [2.75, 3.05) is 19.8 Å². The summed E-state index contributed by atoms with van der Waals surface area (Å²) < 4.78 is 14.4. The summed E-state index contributed by atoms with van der Waals surface area (Å²) >= 11 is 0. The Morgan fingerprint density at radius 1 is 0.432 bits per heavy atom. The van der Waals surface area contributed by atoms with E-state index in [9.17, 15) is 58.5 Å². The monoisotopic (exact) mass is 642 g/mol. The fourth-order valence-electron chi connectivity index (χ4n) is 3.15. The van der Waals surface area contributed by atoms with Gasteiger partial charge in [-0.05, 0) is 6.92 Å². The second kappa shape index (κ2) is 15.5. The zero-order valence-electron chi connectivity index (χ0n) is 22.8. The molecule has 0 saturated heterocycles. The molecular weight excluding hydrogens is 612 g/mol. The van der Waals surface area contributed by atoms with Gasteiger partial charge in [-0.15, -0.1) is 0 Å². The van der Waals surface area contributed by atoms with E-state index < -0.39 is 134 Å². The van der Waals surface area contributed by atoms with Crippen LogP contribution in [0, 0.1) is 5.41 Å². The number of rotatable bonds is 21. The molecule has 248 valence electrons. The summed E-state index contributed by atoms with van der Waals surface area (Å²) in [6.45, 7) is -1.94. The molecule has 0 saturated carbocycles. The largest absolute Gasteiger partial charge is 0.481 e. The Labute approximate surface area is 245 Å². The van der Waals surface area contributed by atoms with Crippen LogP contribution in [0.25, 0.3) is 0 Å². The summed E-state index contributed by atoms with van der Waals surface area (Å²) in [5.41, 5.74) is -11.3. The van der Waals surface area contributed by atoms with Gasteiger partial charge in [-0.25, -0.2) is 14.4 Å². The molecule has 0 radical (unpaired) electrons. The summed E-state index contributed by atoms with van der Waals surface area (Å²) in [5, 5.41) is 83.6. The van der Waals surface area contributed by atoms with E-state index in [0.29, 0.717) is 0 Å². The van der Waals surface area contributed by atoms with Crippen molar-refractivity contribution < 1.29 is 103 Å². The van der Waals surface area contributed by atoms with Crippen LogP contribution in [0.2, 0.25) is 0 Å². The maximum atomic E-state index is 12.2. The highest BCUT2D eigenvalue weighted by Gasteiger charge is 2.45. The van der Waals surface area contributed by atoms with Gasteiger partial charge in [-0.3, -0.25) is 28.8 Å². The Bertz CT molecular complexity index is 1030. The average Bonchev–Trinajstić information content (AvgIpc) is 2.83. The summed E-state index contributed by atoms with van der Waals surface area (Å²) in [5.74, 6) is -16.4. The van der Waals surface area contributed by atoms with E-state index in [1.54, 1.807) is 0 Å². The quantitative estimate of drug-likeness (QED) is 0.0436. The van der Waals surface area contributed by atoms with Crippen LogP contribution in [0.15, 0.2) is 0 Å². The van der Waals surface area contributed by atoms with Crippen molar-refractivity contribution in [3.05, 3.63) is 0 Å². The molecule has 0 fully saturated rings. The van der Waals surface area contributed by atoms with Crippen molar-refractivity contribution in [2.45, 2.75) is 62.3 Å². The molecule has 0 aliphatic heterocycles. The number of carbonyl (C=O) groups is 9. The smallest absolute Gasteiger partial charge is 0.336 e. The molecule has 0 aromatic heterocycles. The van der Waals surface area contributed by atoms with E-state index in [-0.39, 0.29) is 0 Å². The minimum absolute atomic E-state index is 0.994. The van der Waals surface area contributed by atoms with E-state index in [1.807, 2.05) is 0 Å². The van der Waals surface area contributed by atoms with Crippen LogP contribution in [0.3, 0.4) is 0 Å². The Morgan fingerprint density at radius 3 is 0.795 bits per heavy atom. The molecule has 0 heterocycles. The van der Waals surface area contributed by atoms with Crippen LogP contribution in [0.4, 0.5) is 0 Å². The van der Waals surface area contributed by atoms with Gasteiger partial charge in [0.2, 0.25) is 0 Å². The van der Waals surface area contributed by atoms with Crippen molar-refractivity contribution in [1.29, 1.82) is 0 Å². The lowest BCUT2D eigenvalue weighted by Gasteiger charge is -2.30. The number of esters is 3. The lowest BCUT2D eigenvalue weighted by atomic mass is 9.92. The molecule has 0 rings (SSSR count). The van der Waals surface area contributed by atoms with Gasteiger partial charge >= 0.3 is 53.7 Å². The Balaban J connectivity index is 5.89. The standard InChI is InChI=1S/C23H30O21/c1-20(8-42-14(30)5-21(39,17(33)34)2-11(24)25,9-43-15(31)6-22(40,18(35)36)3-12(26)27)10-44-16(32)7-23(41,19(37)38)4-13(28)29/h39-41H,2-10H2,1H3,(H,24,25)(H,26,27)(H,28,29)(H,33,34)(H,35,36)(H,37,38). The maximum Gasteiger partial charge on any atom is 0.336 e. The van der Waals surface area contributed by atoms with Crippen LogP contribution in [0.1, 0.15) is 45.4 Å². The lowest BCUT2D eigenvalue weighted by Crippen LogP contribution is -2.45. The number of carboxylic acids is 6. The third-order valence-corrected chi connectivity index (χ3v) is 5.58. The van der Waals surface area contributed by atoms with Crippen molar-refractivity contribution in [2.24, 2.45) is 5.41 Å². The van der Waals surface area contributed by atoms with Gasteiger partial charge in [0.15, 0.2) is 16.8 Å². The predicted molar refractivity (Wildman–Crippen MR) is 129 cm³/mol. The molecule has 0 aliphatic carbocycles. The minimum Gasteiger partial charge on any atom is -0.481 e. The van der Waals surface area contributed by atoms with Crippen molar-refractivity contribution in [3.8, 4) is 0 Å². The SMILES string of the molecule is CC(COC(=O)CC(O)(CC(=O)O)C(=O)O)(COC(=O)CC(O)(CC(=O)O)C(=O)O)COC(=O)CC(O)(CC(=O)O)C(=O)O. The van der Waals surface area contributed by atoms with Crippen molar-refractivity contribution >= 4 is 53.7 Å². The Hall–Kier alpha value is -4.89. The van der Waals surface area contributed by atoms with Gasteiger partial charge in [0.25, 0.3) is 0 Å². The van der Waals surface area contributed by atoms with Gasteiger partial charge < -0.3 is 60.2 Å². The molecular formula is C23H30O21. The van der Waals surface area contributed by atoms with Crippen LogP contribution in [0.5, 0.6) is 0 Å². The van der Waals surface area contributed by atoms with Crippen molar-refractivity contribution in [1.82, 2.24) is 0 Å². The predicted octanol–water partition coefficient (Wildman–Crippen LogP) is -3.34. The highest BCUT2D eigenvalue weighted by Crippen LogP contribution is 2.25. The van der Waals surface area contributed by atoms with Crippen LogP contribution >= 0.6 is 0 Å². The number of aliphatic carboxylic acids is 6. The van der Waals surface area contributed by atoms with E-state index in [1.165, 1.54) is 0 Å². The fourth-order valence-corrected chi connectivity index (χ4v) is 3.15. The first kappa shape index (κ1) is 39.1. The van der Waals surface area contributed by atoms with E-state index in [0.717, 1.165) is 6.92 Å². The molecule has 0 aromatic rings. The average molecular weight is 642 g/mol. The van der Waals surface area contributed by atoms with Crippen molar-refractivity contribution in [3.63, 3.8) is 0 Å². The number of carbonyl (C=O) groups excluding carboxylic acids is 3. The van der Waals surface area contributed by atoms with Gasteiger partial charge in [-0.1, -0.05) is 0 Å². The van der Waals surface area contributed by atoms with Crippen LogP contribution in [-0.2, 0) is 57.4 Å². The lowest BCUT2D eigenvalue weighted by molar-refractivity contribution is -0.178. The third kappa shape index (κ3) is 13.0. The first-order valence-electron chi connectivity index (χ1n) is 11.9. The van der Waals surface area contributed by atoms with Gasteiger partial charge in [0.1, 0.15) is 19.8 Å². The van der Waals surface area contributed by atoms with Gasteiger partial charge in [0, 0.05) is 0 Å². The Morgan fingerprint density at radius 2 is 0.636 bits per heavy atom. The summed E-state index contributed by atoms with van der Waals surface area (Å²) in [7, 11) is 0. The molecule has 21 heteroatoms. The number of hydrogen-bond donors (Lipinski definition) is 9. The van der Waals surface area contributed by atoms with Crippen LogP contribution < -0.4 is 0 Å².